The molecule has 6 nitrogen and oxygen atoms in total. The molecule has 3 unspecified atom stereocenters. The summed E-state index contributed by atoms with van der Waals surface area (Å²) in [6.07, 6.45) is -0.0221. The maximum absolute atomic E-state index is 12.0. The largest absolute Gasteiger partial charge is 0.480 e. The molecule has 6 heteroatoms. The number of hydrogen-bond donors (Lipinski definition) is 1. The smallest absolute Gasteiger partial charge is 0.411 e. The molecular formula is C12H17NO5. The minimum atomic E-state index is -1.07. The number of rotatable bonds is 1. The molecule has 1 aliphatic carbocycles. The number of likely N-dealkylation sites (tertiary alicyclic amines) is 1. The van der Waals surface area contributed by atoms with Gasteiger partial charge in [0.2, 0.25) is 0 Å². The standard InChI is InChI=1S/C12H17NO5/c1-12(2,3)18-11(17)13-7-4-6(5-8(7)14)9(13)10(15)16/h6-7,9H,4-5H2,1-3H3,(H,15,16). The van der Waals surface area contributed by atoms with Crippen LogP contribution in [-0.4, -0.2) is 45.5 Å². The predicted molar refractivity (Wildman–Crippen MR) is 61.0 cm³/mol. The highest BCUT2D eigenvalue weighted by molar-refractivity contribution is 5.95. The maximum Gasteiger partial charge on any atom is 0.411 e. The van der Waals surface area contributed by atoms with Gasteiger partial charge in [0.25, 0.3) is 0 Å². The molecule has 1 saturated carbocycles. The minimum Gasteiger partial charge on any atom is -0.480 e. The Morgan fingerprint density at radius 3 is 2.50 bits per heavy atom. The Morgan fingerprint density at radius 1 is 1.39 bits per heavy atom. The summed E-state index contributed by atoms with van der Waals surface area (Å²) in [6, 6.07) is -1.55. The molecule has 0 spiro atoms. The SMILES string of the molecule is CC(C)(C)OC(=O)N1C2CC(CC2=O)C1C(=O)O. The molecule has 2 rings (SSSR count). The number of fused-ring (bicyclic) bond motifs is 2. The Hall–Kier alpha value is -1.59. The lowest BCUT2D eigenvalue weighted by Crippen LogP contribution is -2.53. The molecule has 0 radical (unpaired) electrons. The molecule has 0 aromatic rings. The van der Waals surface area contributed by atoms with Gasteiger partial charge in [-0.3, -0.25) is 9.69 Å². The number of aliphatic carboxylic acids is 1. The van der Waals surface area contributed by atoms with Crippen LogP contribution in [0.3, 0.4) is 0 Å². The van der Waals surface area contributed by atoms with Crippen molar-refractivity contribution in [2.75, 3.05) is 0 Å². The lowest BCUT2D eigenvalue weighted by atomic mass is 9.99. The lowest BCUT2D eigenvalue weighted by molar-refractivity contribution is -0.146. The fraction of sp³-hybridized carbons (Fsp3) is 0.750. The highest BCUT2D eigenvalue weighted by Crippen LogP contribution is 2.41. The minimum absolute atomic E-state index is 0.0663. The summed E-state index contributed by atoms with van der Waals surface area (Å²) in [4.78, 5) is 36.0. The summed E-state index contributed by atoms with van der Waals surface area (Å²) < 4.78 is 5.17. The van der Waals surface area contributed by atoms with Crippen LogP contribution in [0, 0.1) is 5.92 Å². The van der Waals surface area contributed by atoms with Gasteiger partial charge in [-0.1, -0.05) is 0 Å². The number of carbonyl (C=O) groups is 3. The molecular weight excluding hydrogens is 238 g/mol. The van der Waals surface area contributed by atoms with Crippen LogP contribution in [-0.2, 0) is 14.3 Å². The van der Waals surface area contributed by atoms with Crippen LogP contribution < -0.4 is 0 Å². The number of amides is 1. The Morgan fingerprint density at radius 2 is 2.00 bits per heavy atom. The van der Waals surface area contributed by atoms with E-state index in [1.807, 2.05) is 0 Å². The van der Waals surface area contributed by atoms with E-state index in [4.69, 9.17) is 4.74 Å². The number of Topliss-reactive ketones (excluding diaryl/α,β-unsaturated/α-hetero) is 1. The summed E-state index contributed by atoms with van der Waals surface area (Å²) in [5.41, 5.74) is -0.703. The number of carboxylic acid groups (broad SMARTS) is 1. The first-order valence-corrected chi connectivity index (χ1v) is 5.97. The van der Waals surface area contributed by atoms with Crippen molar-refractivity contribution in [3.63, 3.8) is 0 Å². The monoisotopic (exact) mass is 255 g/mol. The molecule has 2 bridgehead atoms. The van der Waals surface area contributed by atoms with Crippen LogP contribution in [0.1, 0.15) is 33.6 Å². The molecule has 1 saturated heterocycles. The van der Waals surface area contributed by atoms with Crippen LogP contribution in [0.25, 0.3) is 0 Å². The zero-order valence-electron chi connectivity index (χ0n) is 10.7. The molecule has 1 aliphatic heterocycles. The molecule has 100 valence electrons. The first kappa shape index (κ1) is 12.9. The van der Waals surface area contributed by atoms with Gasteiger partial charge in [-0.25, -0.2) is 9.59 Å². The number of ether oxygens (including phenoxy) is 1. The van der Waals surface area contributed by atoms with Gasteiger partial charge < -0.3 is 9.84 Å². The highest BCUT2D eigenvalue weighted by Gasteiger charge is 2.56. The molecule has 2 aliphatic rings. The van der Waals surface area contributed by atoms with Crippen LogP contribution in [0.4, 0.5) is 4.79 Å². The normalized spacial score (nSPS) is 30.7. The molecule has 3 atom stereocenters. The summed E-state index contributed by atoms with van der Waals surface area (Å²) in [6.45, 7) is 5.12. The van der Waals surface area contributed by atoms with Crippen LogP contribution in [0.15, 0.2) is 0 Å². The fourth-order valence-corrected chi connectivity index (χ4v) is 2.70. The molecule has 1 heterocycles. The Labute approximate surface area is 105 Å². The average molecular weight is 255 g/mol. The molecule has 1 N–H and O–H groups in total. The third kappa shape index (κ3) is 2.07. The molecule has 0 aromatic heterocycles. The van der Waals surface area contributed by atoms with Gasteiger partial charge in [0.15, 0.2) is 5.78 Å². The highest BCUT2D eigenvalue weighted by atomic mass is 16.6. The van der Waals surface area contributed by atoms with E-state index in [1.54, 1.807) is 20.8 Å². The van der Waals surface area contributed by atoms with Gasteiger partial charge >= 0.3 is 12.1 Å². The van der Waals surface area contributed by atoms with E-state index in [0.29, 0.717) is 6.42 Å². The van der Waals surface area contributed by atoms with Crippen molar-refractivity contribution in [3.05, 3.63) is 0 Å². The van der Waals surface area contributed by atoms with E-state index in [1.165, 1.54) is 0 Å². The number of hydrogen-bond acceptors (Lipinski definition) is 4. The van der Waals surface area contributed by atoms with E-state index in [2.05, 4.69) is 0 Å². The van der Waals surface area contributed by atoms with E-state index in [0.717, 1.165) is 4.90 Å². The number of nitrogens with zero attached hydrogens (tertiary/aromatic N) is 1. The summed E-state index contributed by atoms with van der Waals surface area (Å²) in [5.74, 6) is -1.41. The summed E-state index contributed by atoms with van der Waals surface area (Å²) >= 11 is 0. The lowest BCUT2D eigenvalue weighted by Gasteiger charge is -2.33. The predicted octanol–water partition coefficient (Wildman–Crippen LogP) is 1.04. The van der Waals surface area contributed by atoms with E-state index < -0.39 is 29.7 Å². The molecule has 1 amide bonds. The second kappa shape index (κ2) is 3.96. The van der Waals surface area contributed by atoms with Gasteiger partial charge in [-0.05, 0) is 33.1 Å². The Kier molecular flexibility index (Phi) is 2.83. The van der Waals surface area contributed by atoms with Crippen molar-refractivity contribution in [2.45, 2.75) is 51.3 Å². The third-order valence-corrected chi connectivity index (χ3v) is 3.30. The molecule has 2 fully saturated rings. The topological polar surface area (TPSA) is 83.9 Å². The van der Waals surface area contributed by atoms with Crippen LogP contribution in [0.5, 0.6) is 0 Å². The van der Waals surface area contributed by atoms with Gasteiger partial charge in [0.1, 0.15) is 11.6 Å². The van der Waals surface area contributed by atoms with Gasteiger partial charge in [-0.15, -0.1) is 0 Å². The summed E-state index contributed by atoms with van der Waals surface area (Å²) in [7, 11) is 0. The van der Waals surface area contributed by atoms with E-state index in [-0.39, 0.29) is 18.1 Å². The van der Waals surface area contributed by atoms with Crippen LogP contribution in [0.2, 0.25) is 0 Å². The molecule has 0 aromatic carbocycles. The van der Waals surface area contributed by atoms with Gasteiger partial charge in [-0.2, -0.15) is 0 Å². The number of piperidine rings is 1. The van der Waals surface area contributed by atoms with Crippen molar-refractivity contribution in [1.82, 2.24) is 4.90 Å². The van der Waals surface area contributed by atoms with Crippen molar-refractivity contribution < 1.29 is 24.2 Å². The Bertz CT molecular complexity index is 411. The van der Waals surface area contributed by atoms with Crippen molar-refractivity contribution in [2.24, 2.45) is 5.92 Å². The van der Waals surface area contributed by atoms with Gasteiger partial charge in [0.05, 0.1) is 6.04 Å². The van der Waals surface area contributed by atoms with Crippen LogP contribution >= 0.6 is 0 Å². The second-order valence-corrected chi connectivity index (χ2v) is 5.85. The first-order chi connectivity index (χ1) is 8.20. The van der Waals surface area contributed by atoms with Crippen molar-refractivity contribution >= 4 is 17.8 Å². The molecule has 18 heavy (non-hydrogen) atoms. The third-order valence-electron chi connectivity index (χ3n) is 3.30. The van der Waals surface area contributed by atoms with E-state index in [9.17, 15) is 19.5 Å². The number of ketones is 1. The zero-order valence-corrected chi connectivity index (χ0v) is 10.7. The zero-order chi connectivity index (χ0) is 13.7. The Balaban J connectivity index is 2.21. The average Bonchev–Trinajstić information content (AvgIpc) is 2.69. The number of carbonyl (C=O) groups excluding carboxylic acids is 2. The second-order valence-electron chi connectivity index (χ2n) is 5.85. The van der Waals surface area contributed by atoms with Crippen molar-refractivity contribution in [1.29, 1.82) is 0 Å². The fourth-order valence-electron chi connectivity index (χ4n) is 2.70. The van der Waals surface area contributed by atoms with Crippen molar-refractivity contribution in [3.8, 4) is 0 Å². The first-order valence-electron chi connectivity index (χ1n) is 5.97. The quantitative estimate of drug-likeness (QED) is 0.756. The number of carboxylic acids is 1. The maximum atomic E-state index is 12.0. The van der Waals surface area contributed by atoms with E-state index >= 15 is 0 Å². The summed E-state index contributed by atoms with van der Waals surface area (Å²) in [5, 5.41) is 9.18. The van der Waals surface area contributed by atoms with Gasteiger partial charge in [0, 0.05) is 6.42 Å².